The van der Waals surface area contributed by atoms with Gasteiger partial charge in [0.15, 0.2) is 11.5 Å². The molecule has 8 nitrogen and oxygen atoms in total. The van der Waals surface area contributed by atoms with E-state index in [4.69, 9.17) is 9.47 Å². The van der Waals surface area contributed by atoms with Crippen LogP contribution in [0.5, 0.6) is 11.5 Å². The summed E-state index contributed by atoms with van der Waals surface area (Å²) in [5.74, 6) is -0.320. The van der Waals surface area contributed by atoms with Crippen molar-refractivity contribution in [3.8, 4) is 11.5 Å². The van der Waals surface area contributed by atoms with E-state index in [1.807, 2.05) is 6.07 Å². The molecule has 0 N–H and O–H groups in total. The molecule has 0 spiro atoms. The van der Waals surface area contributed by atoms with Crippen LogP contribution in [0.2, 0.25) is 0 Å². The molecule has 1 aliphatic rings. The van der Waals surface area contributed by atoms with Gasteiger partial charge in [-0.2, -0.15) is 0 Å². The third kappa shape index (κ3) is 4.39. The maximum absolute atomic E-state index is 12.9. The van der Waals surface area contributed by atoms with Crippen molar-refractivity contribution < 1.29 is 23.9 Å². The lowest BCUT2D eigenvalue weighted by atomic mass is 10.2. The number of methoxy groups -OCH3 is 2. The summed E-state index contributed by atoms with van der Waals surface area (Å²) in [7, 11) is 3.08. The molecule has 0 atom stereocenters. The predicted octanol–water partition coefficient (Wildman–Crippen LogP) is 1.50. The second-order valence-corrected chi connectivity index (χ2v) is 5.98. The number of likely N-dealkylation sites (N-methyl/N-ethyl adjacent to an activating group) is 1. The maximum Gasteiger partial charge on any atom is 0.327 e. The molecular formula is C19H25N3O5. The number of urea groups is 1. The van der Waals surface area contributed by atoms with Gasteiger partial charge in [-0.1, -0.05) is 12.1 Å². The molecule has 0 saturated carbocycles. The highest BCUT2D eigenvalue weighted by Crippen LogP contribution is 2.28. The zero-order valence-electron chi connectivity index (χ0n) is 15.9. The van der Waals surface area contributed by atoms with Crippen LogP contribution in [0.3, 0.4) is 0 Å². The van der Waals surface area contributed by atoms with Crippen molar-refractivity contribution in [1.82, 2.24) is 14.7 Å². The third-order valence-corrected chi connectivity index (χ3v) is 4.36. The Morgan fingerprint density at radius 1 is 1.19 bits per heavy atom. The first-order valence-electron chi connectivity index (χ1n) is 8.68. The summed E-state index contributed by atoms with van der Waals surface area (Å²) in [6.07, 6.45) is 1.58. The molecule has 146 valence electrons. The molecule has 0 aromatic heterocycles. The van der Waals surface area contributed by atoms with Crippen LogP contribution in [0.4, 0.5) is 4.79 Å². The van der Waals surface area contributed by atoms with Gasteiger partial charge in [-0.3, -0.25) is 14.5 Å². The van der Waals surface area contributed by atoms with E-state index in [9.17, 15) is 14.4 Å². The van der Waals surface area contributed by atoms with Gasteiger partial charge < -0.3 is 19.3 Å². The molecule has 0 bridgehead atoms. The SMILES string of the molecule is C=CCN(Cc1ccc(OC)c(OC)c1)C(=O)N1CCN(CC)C(=O)C1=O. The Labute approximate surface area is 158 Å². The number of carbonyl (C=O) groups excluding carboxylic acids is 3. The van der Waals surface area contributed by atoms with Crippen LogP contribution in [0.25, 0.3) is 0 Å². The maximum atomic E-state index is 12.9. The molecule has 1 heterocycles. The molecule has 27 heavy (non-hydrogen) atoms. The highest BCUT2D eigenvalue weighted by atomic mass is 16.5. The van der Waals surface area contributed by atoms with E-state index >= 15 is 0 Å². The average Bonchev–Trinajstić information content (AvgIpc) is 2.69. The second kappa shape index (κ2) is 9.07. The Bertz CT molecular complexity index is 734. The summed E-state index contributed by atoms with van der Waals surface area (Å²) < 4.78 is 10.5. The van der Waals surface area contributed by atoms with Gasteiger partial charge in [-0.25, -0.2) is 4.79 Å². The van der Waals surface area contributed by atoms with E-state index < -0.39 is 17.8 Å². The Morgan fingerprint density at radius 2 is 1.89 bits per heavy atom. The first kappa shape index (κ1) is 20.3. The normalized spacial score (nSPS) is 14.2. The summed E-state index contributed by atoms with van der Waals surface area (Å²) in [5, 5.41) is 0. The number of hydrogen-bond acceptors (Lipinski definition) is 5. The first-order valence-corrected chi connectivity index (χ1v) is 8.68. The van der Waals surface area contributed by atoms with Crippen LogP contribution in [-0.4, -0.2) is 72.9 Å². The number of piperazine rings is 1. The van der Waals surface area contributed by atoms with E-state index in [1.54, 1.807) is 32.2 Å². The minimum Gasteiger partial charge on any atom is -0.493 e. The average molecular weight is 375 g/mol. The van der Waals surface area contributed by atoms with Crippen molar-refractivity contribution in [2.24, 2.45) is 0 Å². The molecule has 4 amide bonds. The van der Waals surface area contributed by atoms with Crippen LogP contribution >= 0.6 is 0 Å². The van der Waals surface area contributed by atoms with Crippen LogP contribution in [-0.2, 0) is 16.1 Å². The molecule has 0 radical (unpaired) electrons. The second-order valence-electron chi connectivity index (χ2n) is 5.98. The highest BCUT2D eigenvalue weighted by Gasteiger charge is 2.37. The van der Waals surface area contributed by atoms with E-state index in [0.717, 1.165) is 10.5 Å². The lowest BCUT2D eigenvalue weighted by molar-refractivity contribution is -0.153. The van der Waals surface area contributed by atoms with Crippen molar-refractivity contribution in [3.05, 3.63) is 36.4 Å². The number of imide groups is 1. The van der Waals surface area contributed by atoms with Crippen molar-refractivity contribution in [2.45, 2.75) is 13.5 Å². The number of ether oxygens (including phenoxy) is 2. The minimum atomic E-state index is -0.797. The Balaban J connectivity index is 2.19. The predicted molar refractivity (Wildman–Crippen MR) is 99.5 cm³/mol. The van der Waals surface area contributed by atoms with E-state index in [-0.39, 0.29) is 19.6 Å². The minimum absolute atomic E-state index is 0.177. The van der Waals surface area contributed by atoms with E-state index in [1.165, 1.54) is 16.9 Å². The van der Waals surface area contributed by atoms with Crippen LogP contribution < -0.4 is 9.47 Å². The molecule has 1 fully saturated rings. The van der Waals surface area contributed by atoms with Gasteiger partial charge >= 0.3 is 17.8 Å². The molecule has 0 aliphatic carbocycles. The van der Waals surface area contributed by atoms with Gasteiger partial charge in [0, 0.05) is 32.7 Å². The Hall–Kier alpha value is -3.03. The zero-order valence-corrected chi connectivity index (χ0v) is 15.9. The van der Waals surface area contributed by atoms with Gasteiger partial charge in [0.05, 0.1) is 14.2 Å². The zero-order chi connectivity index (χ0) is 20.0. The number of rotatable bonds is 7. The summed E-state index contributed by atoms with van der Waals surface area (Å²) in [5.41, 5.74) is 0.800. The fourth-order valence-corrected chi connectivity index (χ4v) is 2.89. The lowest BCUT2D eigenvalue weighted by Crippen LogP contribution is -2.58. The molecule has 2 rings (SSSR count). The number of amides is 4. The van der Waals surface area contributed by atoms with Crippen LogP contribution in [0, 0.1) is 0 Å². The van der Waals surface area contributed by atoms with E-state index in [0.29, 0.717) is 24.6 Å². The fourth-order valence-electron chi connectivity index (χ4n) is 2.89. The third-order valence-electron chi connectivity index (χ3n) is 4.36. The number of benzene rings is 1. The van der Waals surface area contributed by atoms with Gasteiger partial charge in [0.2, 0.25) is 0 Å². The van der Waals surface area contributed by atoms with Gasteiger partial charge in [-0.15, -0.1) is 6.58 Å². The summed E-state index contributed by atoms with van der Waals surface area (Å²) >= 11 is 0. The van der Waals surface area contributed by atoms with Gasteiger partial charge in [0.25, 0.3) is 0 Å². The molecule has 1 aromatic rings. The molecule has 1 saturated heterocycles. The number of hydrogen-bond donors (Lipinski definition) is 0. The van der Waals surface area contributed by atoms with Gasteiger partial charge in [-0.05, 0) is 24.6 Å². The van der Waals surface area contributed by atoms with Crippen molar-refractivity contribution in [1.29, 1.82) is 0 Å². The van der Waals surface area contributed by atoms with Gasteiger partial charge in [0.1, 0.15) is 0 Å². The van der Waals surface area contributed by atoms with Crippen LogP contribution in [0.15, 0.2) is 30.9 Å². The molecule has 8 heteroatoms. The number of carbonyl (C=O) groups is 3. The first-order chi connectivity index (χ1) is 13.0. The molecule has 1 aromatic carbocycles. The highest BCUT2D eigenvalue weighted by molar-refractivity contribution is 6.38. The van der Waals surface area contributed by atoms with Crippen LogP contribution in [0.1, 0.15) is 12.5 Å². The summed E-state index contributed by atoms with van der Waals surface area (Å²) in [6.45, 7) is 6.90. The fraction of sp³-hybridized carbons (Fsp3) is 0.421. The summed E-state index contributed by atoms with van der Waals surface area (Å²) in [4.78, 5) is 41.1. The van der Waals surface area contributed by atoms with Crippen molar-refractivity contribution in [2.75, 3.05) is 40.4 Å². The van der Waals surface area contributed by atoms with Crippen molar-refractivity contribution >= 4 is 17.8 Å². The summed E-state index contributed by atoms with van der Waals surface area (Å²) in [6, 6.07) is 4.81. The number of nitrogens with zero attached hydrogens (tertiary/aromatic N) is 3. The molecular weight excluding hydrogens is 350 g/mol. The smallest absolute Gasteiger partial charge is 0.327 e. The lowest BCUT2D eigenvalue weighted by Gasteiger charge is -2.34. The quantitative estimate of drug-likeness (QED) is 0.533. The molecule has 1 aliphatic heterocycles. The largest absolute Gasteiger partial charge is 0.493 e. The molecule has 0 unspecified atom stereocenters. The standard InChI is InChI=1S/C19H25N3O5/c1-5-9-21(13-14-7-8-15(26-3)16(12-14)27-4)19(25)22-11-10-20(6-2)17(23)18(22)24/h5,7-8,12H,1,6,9-11,13H2,2-4H3. The van der Waals surface area contributed by atoms with E-state index in [2.05, 4.69) is 6.58 Å². The Morgan fingerprint density at radius 3 is 2.48 bits per heavy atom. The van der Waals surface area contributed by atoms with Crippen molar-refractivity contribution in [3.63, 3.8) is 0 Å². The topological polar surface area (TPSA) is 79.4 Å². The Kier molecular flexibility index (Phi) is 6.81. The monoisotopic (exact) mass is 375 g/mol.